The van der Waals surface area contributed by atoms with Crippen LogP contribution in [-0.2, 0) is 6.18 Å². The Morgan fingerprint density at radius 3 is 2.47 bits per heavy atom. The minimum Gasteiger partial charge on any atom is -0.493 e. The van der Waals surface area contributed by atoms with Gasteiger partial charge in [-0.2, -0.15) is 13.2 Å². The van der Waals surface area contributed by atoms with Crippen molar-refractivity contribution < 1.29 is 22.3 Å². The molecule has 3 aromatic rings. The zero-order valence-corrected chi connectivity index (χ0v) is 17.1. The molecule has 0 aliphatic carbocycles. The van der Waals surface area contributed by atoms with Gasteiger partial charge in [0.15, 0.2) is 0 Å². The first-order chi connectivity index (χ1) is 13.9. The predicted molar refractivity (Wildman–Crippen MR) is 110 cm³/mol. The third-order valence-corrected chi connectivity index (χ3v) is 4.70. The second-order valence-electron chi connectivity index (χ2n) is 8.34. The Morgan fingerprint density at radius 1 is 1.07 bits per heavy atom. The first kappa shape index (κ1) is 22.0. The third kappa shape index (κ3) is 5.27. The summed E-state index contributed by atoms with van der Waals surface area (Å²) in [6.07, 6.45) is -2.52. The lowest BCUT2D eigenvalue weighted by molar-refractivity contribution is -0.139. The summed E-state index contributed by atoms with van der Waals surface area (Å²) in [7, 11) is 0. The average molecular weight is 420 g/mol. The molecular weight excluding hydrogens is 396 g/mol. The smallest absolute Gasteiger partial charge is 0.419 e. The number of benzene rings is 2. The molecule has 1 unspecified atom stereocenters. The Balaban J connectivity index is 1.96. The van der Waals surface area contributed by atoms with Gasteiger partial charge in [-0.15, -0.1) is 0 Å². The number of fused-ring (bicyclic) bond motifs is 1. The van der Waals surface area contributed by atoms with E-state index in [0.29, 0.717) is 28.5 Å². The van der Waals surface area contributed by atoms with E-state index in [2.05, 4.69) is 4.98 Å². The van der Waals surface area contributed by atoms with Crippen LogP contribution in [0.5, 0.6) is 5.75 Å². The van der Waals surface area contributed by atoms with Crippen LogP contribution in [0.1, 0.15) is 32.8 Å². The van der Waals surface area contributed by atoms with Gasteiger partial charge in [-0.25, -0.2) is 4.39 Å². The number of ether oxygens (including phenoxy) is 1. The molecule has 0 amide bonds. The fourth-order valence-electron chi connectivity index (χ4n) is 3.61. The lowest BCUT2D eigenvalue weighted by Gasteiger charge is -2.24. The topological polar surface area (TPSA) is 48.1 Å². The first-order valence-electron chi connectivity index (χ1n) is 9.61. The maximum Gasteiger partial charge on any atom is 0.419 e. The van der Waals surface area contributed by atoms with Crippen molar-refractivity contribution in [2.45, 2.75) is 38.9 Å². The van der Waals surface area contributed by atoms with E-state index in [1.165, 1.54) is 30.5 Å². The minimum atomic E-state index is -4.59. The highest BCUT2D eigenvalue weighted by molar-refractivity contribution is 5.94. The number of alkyl halides is 3. The van der Waals surface area contributed by atoms with Gasteiger partial charge in [0, 0.05) is 23.2 Å². The Morgan fingerprint density at radius 2 is 1.80 bits per heavy atom. The van der Waals surface area contributed by atoms with Crippen molar-refractivity contribution in [3.05, 3.63) is 60.0 Å². The molecule has 0 spiro atoms. The van der Waals surface area contributed by atoms with Crippen molar-refractivity contribution in [1.82, 2.24) is 4.98 Å². The fourth-order valence-corrected chi connectivity index (χ4v) is 3.61. The highest BCUT2D eigenvalue weighted by Crippen LogP contribution is 2.40. The molecular formula is C23H24F4N2O. The highest BCUT2D eigenvalue weighted by Gasteiger charge is 2.35. The lowest BCUT2D eigenvalue weighted by atomic mass is 9.93. The largest absolute Gasteiger partial charge is 0.493 e. The molecule has 0 saturated heterocycles. The van der Waals surface area contributed by atoms with E-state index in [9.17, 15) is 17.6 Å². The normalized spacial score (nSPS) is 13.5. The van der Waals surface area contributed by atoms with Crippen LogP contribution in [0.4, 0.5) is 17.6 Å². The summed E-state index contributed by atoms with van der Waals surface area (Å²) in [6.45, 7) is 5.74. The maximum absolute atomic E-state index is 13.7. The van der Waals surface area contributed by atoms with E-state index in [0.717, 1.165) is 6.07 Å². The van der Waals surface area contributed by atoms with Crippen molar-refractivity contribution in [1.29, 1.82) is 0 Å². The summed E-state index contributed by atoms with van der Waals surface area (Å²) < 4.78 is 60.2. The SMILES string of the molecule is CC(COc1ccc(-c2ccnc3cc(F)ccc23)cc1C(F)(F)F)CC(C)(C)N. The molecule has 7 heteroatoms. The van der Waals surface area contributed by atoms with Crippen LogP contribution in [0.15, 0.2) is 48.7 Å². The molecule has 1 atom stereocenters. The summed E-state index contributed by atoms with van der Waals surface area (Å²) in [5, 5.41) is 0.569. The molecule has 1 aromatic heterocycles. The number of aromatic nitrogens is 1. The summed E-state index contributed by atoms with van der Waals surface area (Å²) in [5.74, 6) is -0.691. The molecule has 0 aliphatic heterocycles. The summed E-state index contributed by atoms with van der Waals surface area (Å²) in [5.41, 5.74) is 5.96. The average Bonchev–Trinajstić information content (AvgIpc) is 2.63. The molecule has 160 valence electrons. The molecule has 0 bridgehead atoms. The standard InChI is InChI=1S/C23H24F4N2O/c1-14(12-22(2,3)28)13-30-21-7-4-15(10-19(21)23(25,26)27)17-8-9-29-20-11-16(24)5-6-18(17)20/h4-11,14H,12-13,28H2,1-3H3. The van der Waals surface area contributed by atoms with Gasteiger partial charge < -0.3 is 10.5 Å². The van der Waals surface area contributed by atoms with Crippen LogP contribution in [-0.4, -0.2) is 17.1 Å². The Hall–Kier alpha value is -2.67. The second-order valence-corrected chi connectivity index (χ2v) is 8.34. The molecule has 2 aromatic carbocycles. The van der Waals surface area contributed by atoms with Gasteiger partial charge in [0.2, 0.25) is 0 Å². The number of halogens is 4. The molecule has 0 saturated carbocycles. The molecule has 0 aliphatic rings. The van der Waals surface area contributed by atoms with E-state index in [1.807, 2.05) is 20.8 Å². The number of hydrogen-bond donors (Lipinski definition) is 1. The van der Waals surface area contributed by atoms with Crippen LogP contribution in [0, 0.1) is 11.7 Å². The zero-order chi connectivity index (χ0) is 22.1. The Kier molecular flexibility index (Phi) is 6.04. The molecule has 0 radical (unpaired) electrons. The van der Waals surface area contributed by atoms with Gasteiger partial charge in [-0.05, 0) is 67.6 Å². The van der Waals surface area contributed by atoms with E-state index in [4.69, 9.17) is 10.5 Å². The van der Waals surface area contributed by atoms with Crippen molar-refractivity contribution in [3.63, 3.8) is 0 Å². The number of rotatable bonds is 6. The predicted octanol–water partition coefficient (Wildman–Crippen LogP) is 6.20. The van der Waals surface area contributed by atoms with Crippen molar-refractivity contribution in [2.75, 3.05) is 6.61 Å². The summed E-state index contributed by atoms with van der Waals surface area (Å²) >= 11 is 0. The van der Waals surface area contributed by atoms with E-state index >= 15 is 0 Å². The van der Waals surface area contributed by atoms with Gasteiger partial charge in [-0.1, -0.05) is 13.0 Å². The van der Waals surface area contributed by atoms with E-state index < -0.39 is 23.1 Å². The van der Waals surface area contributed by atoms with Crippen LogP contribution >= 0.6 is 0 Å². The van der Waals surface area contributed by atoms with Crippen LogP contribution < -0.4 is 10.5 Å². The van der Waals surface area contributed by atoms with Gasteiger partial charge in [0.1, 0.15) is 11.6 Å². The quantitative estimate of drug-likeness (QED) is 0.483. The Labute approximate surface area is 172 Å². The number of nitrogens with zero attached hydrogens (tertiary/aromatic N) is 1. The molecule has 3 rings (SSSR count). The van der Waals surface area contributed by atoms with Crippen LogP contribution in [0.3, 0.4) is 0 Å². The monoisotopic (exact) mass is 420 g/mol. The number of pyridine rings is 1. The zero-order valence-electron chi connectivity index (χ0n) is 17.1. The van der Waals surface area contributed by atoms with E-state index in [1.54, 1.807) is 12.1 Å². The van der Waals surface area contributed by atoms with Gasteiger partial charge in [-0.3, -0.25) is 4.98 Å². The number of hydrogen-bond acceptors (Lipinski definition) is 3. The van der Waals surface area contributed by atoms with Crippen molar-refractivity contribution in [2.24, 2.45) is 11.7 Å². The maximum atomic E-state index is 13.7. The van der Waals surface area contributed by atoms with Crippen LogP contribution in [0.2, 0.25) is 0 Å². The van der Waals surface area contributed by atoms with Crippen molar-refractivity contribution >= 4 is 10.9 Å². The van der Waals surface area contributed by atoms with Gasteiger partial charge in [0.25, 0.3) is 0 Å². The molecule has 30 heavy (non-hydrogen) atoms. The van der Waals surface area contributed by atoms with E-state index in [-0.39, 0.29) is 18.3 Å². The van der Waals surface area contributed by atoms with Gasteiger partial charge in [0.05, 0.1) is 17.7 Å². The lowest BCUT2D eigenvalue weighted by Crippen LogP contribution is -2.35. The minimum absolute atomic E-state index is 0.00945. The first-order valence-corrected chi connectivity index (χ1v) is 9.61. The highest BCUT2D eigenvalue weighted by atomic mass is 19.4. The van der Waals surface area contributed by atoms with Crippen molar-refractivity contribution in [3.8, 4) is 16.9 Å². The summed E-state index contributed by atoms with van der Waals surface area (Å²) in [6, 6.07) is 9.60. The fraction of sp³-hybridized carbons (Fsp3) is 0.348. The molecule has 3 nitrogen and oxygen atoms in total. The molecule has 2 N–H and O–H groups in total. The van der Waals surface area contributed by atoms with Crippen LogP contribution in [0.25, 0.3) is 22.0 Å². The second kappa shape index (κ2) is 8.22. The molecule has 1 heterocycles. The third-order valence-electron chi connectivity index (χ3n) is 4.70. The summed E-state index contributed by atoms with van der Waals surface area (Å²) in [4.78, 5) is 4.10. The van der Waals surface area contributed by atoms with Gasteiger partial charge >= 0.3 is 6.18 Å². The molecule has 0 fully saturated rings. The number of nitrogens with two attached hydrogens (primary N) is 1. The Bertz CT molecular complexity index is 1040.